The molecule has 0 saturated carbocycles. The van der Waals surface area contributed by atoms with E-state index in [1.165, 1.54) is 0 Å². The van der Waals surface area contributed by atoms with Gasteiger partial charge in [0.2, 0.25) is 5.88 Å². The predicted octanol–water partition coefficient (Wildman–Crippen LogP) is 0.826. The Morgan fingerprint density at radius 2 is 1.87 bits per heavy atom. The standard InChI is InChI=1S/C15H23N7O/c1-4-23-13-9-12(17-10-18-13)21-5-7-22(8-6-21)15-14(16)11(2)19-20(15)3/h9-10H,4-8,16H2,1-3H3. The zero-order valence-electron chi connectivity index (χ0n) is 13.9. The number of piperazine rings is 1. The van der Waals surface area contributed by atoms with Crippen molar-refractivity contribution in [2.75, 3.05) is 48.3 Å². The summed E-state index contributed by atoms with van der Waals surface area (Å²) in [5.41, 5.74) is 7.80. The highest BCUT2D eigenvalue weighted by Crippen LogP contribution is 2.27. The van der Waals surface area contributed by atoms with Crippen LogP contribution in [0.5, 0.6) is 5.88 Å². The highest BCUT2D eigenvalue weighted by molar-refractivity contribution is 5.66. The molecule has 8 nitrogen and oxygen atoms in total. The first-order chi connectivity index (χ1) is 11.1. The first-order valence-corrected chi connectivity index (χ1v) is 7.84. The van der Waals surface area contributed by atoms with Gasteiger partial charge in [0, 0.05) is 39.3 Å². The lowest BCUT2D eigenvalue weighted by molar-refractivity contribution is 0.326. The average molecular weight is 317 g/mol. The number of hydrogen-bond acceptors (Lipinski definition) is 7. The number of nitrogens with zero attached hydrogens (tertiary/aromatic N) is 6. The van der Waals surface area contributed by atoms with Gasteiger partial charge in [0.15, 0.2) is 5.82 Å². The van der Waals surface area contributed by atoms with Gasteiger partial charge in [0.25, 0.3) is 0 Å². The highest BCUT2D eigenvalue weighted by Gasteiger charge is 2.23. The van der Waals surface area contributed by atoms with Crippen LogP contribution in [0.15, 0.2) is 12.4 Å². The Kier molecular flexibility index (Phi) is 4.22. The van der Waals surface area contributed by atoms with Crippen molar-refractivity contribution in [1.82, 2.24) is 19.7 Å². The van der Waals surface area contributed by atoms with Gasteiger partial charge in [-0.1, -0.05) is 0 Å². The second-order valence-corrected chi connectivity index (χ2v) is 5.57. The number of hydrogen-bond donors (Lipinski definition) is 1. The fraction of sp³-hybridized carbons (Fsp3) is 0.533. The van der Waals surface area contributed by atoms with Gasteiger partial charge in [-0.15, -0.1) is 0 Å². The summed E-state index contributed by atoms with van der Waals surface area (Å²) in [6, 6.07) is 1.89. The van der Waals surface area contributed by atoms with Crippen molar-refractivity contribution in [3.63, 3.8) is 0 Å². The molecule has 1 aliphatic heterocycles. The third kappa shape index (κ3) is 3.01. The summed E-state index contributed by atoms with van der Waals surface area (Å²) in [5, 5.41) is 4.39. The Morgan fingerprint density at radius 3 is 2.48 bits per heavy atom. The first-order valence-electron chi connectivity index (χ1n) is 7.84. The minimum absolute atomic E-state index is 0.601. The Hall–Kier alpha value is -2.51. The quantitative estimate of drug-likeness (QED) is 0.893. The van der Waals surface area contributed by atoms with Gasteiger partial charge in [-0.2, -0.15) is 5.10 Å². The molecule has 3 rings (SSSR count). The lowest BCUT2D eigenvalue weighted by Crippen LogP contribution is -2.47. The third-order valence-electron chi connectivity index (χ3n) is 4.06. The minimum atomic E-state index is 0.601. The zero-order valence-corrected chi connectivity index (χ0v) is 13.9. The van der Waals surface area contributed by atoms with Crippen LogP contribution < -0.4 is 20.3 Å². The molecule has 0 atom stereocenters. The number of ether oxygens (including phenoxy) is 1. The van der Waals surface area contributed by atoms with E-state index in [9.17, 15) is 0 Å². The summed E-state index contributed by atoms with van der Waals surface area (Å²) >= 11 is 0. The SMILES string of the molecule is CCOc1cc(N2CCN(c3c(N)c(C)nn3C)CC2)ncn1. The molecule has 0 aromatic carbocycles. The van der Waals surface area contributed by atoms with Crippen molar-refractivity contribution < 1.29 is 4.74 Å². The summed E-state index contributed by atoms with van der Waals surface area (Å²) in [7, 11) is 1.93. The normalized spacial score (nSPS) is 15.1. The van der Waals surface area contributed by atoms with Crippen molar-refractivity contribution in [2.45, 2.75) is 13.8 Å². The molecule has 1 fully saturated rings. The number of aryl methyl sites for hydroxylation is 2. The van der Waals surface area contributed by atoms with Gasteiger partial charge in [0.1, 0.15) is 12.1 Å². The summed E-state index contributed by atoms with van der Waals surface area (Å²) in [6.07, 6.45) is 1.55. The van der Waals surface area contributed by atoms with Crippen LogP contribution in [0.3, 0.4) is 0 Å². The zero-order chi connectivity index (χ0) is 16.4. The van der Waals surface area contributed by atoms with Crippen LogP contribution in [0, 0.1) is 6.92 Å². The predicted molar refractivity (Wildman–Crippen MR) is 90.0 cm³/mol. The molecule has 0 amide bonds. The van der Waals surface area contributed by atoms with E-state index in [1.807, 2.05) is 31.6 Å². The van der Waals surface area contributed by atoms with Crippen molar-refractivity contribution in [3.8, 4) is 5.88 Å². The van der Waals surface area contributed by atoms with Gasteiger partial charge >= 0.3 is 0 Å². The van der Waals surface area contributed by atoms with Crippen LogP contribution in [0.1, 0.15) is 12.6 Å². The summed E-state index contributed by atoms with van der Waals surface area (Å²) in [6.45, 7) is 7.96. The topological polar surface area (TPSA) is 85.3 Å². The van der Waals surface area contributed by atoms with Gasteiger partial charge in [-0.3, -0.25) is 4.68 Å². The molecule has 8 heteroatoms. The Bertz CT molecular complexity index is 676. The molecule has 2 aromatic rings. The van der Waals surface area contributed by atoms with E-state index in [4.69, 9.17) is 10.5 Å². The molecule has 0 radical (unpaired) electrons. The smallest absolute Gasteiger partial charge is 0.218 e. The van der Waals surface area contributed by atoms with Gasteiger partial charge in [-0.25, -0.2) is 9.97 Å². The van der Waals surface area contributed by atoms with Crippen LogP contribution in [-0.4, -0.2) is 52.5 Å². The maximum absolute atomic E-state index is 6.16. The molecule has 1 saturated heterocycles. The monoisotopic (exact) mass is 317 g/mol. The average Bonchev–Trinajstić information content (AvgIpc) is 2.81. The van der Waals surface area contributed by atoms with E-state index < -0.39 is 0 Å². The lowest BCUT2D eigenvalue weighted by atomic mass is 10.3. The second-order valence-electron chi connectivity index (χ2n) is 5.57. The summed E-state index contributed by atoms with van der Waals surface area (Å²) in [5.74, 6) is 2.52. The lowest BCUT2D eigenvalue weighted by Gasteiger charge is -2.36. The Labute approximate surface area is 135 Å². The van der Waals surface area contributed by atoms with Gasteiger partial charge in [0.05, 0.1) is 18.0 Å². The molecule has 23 heavy (non-hydrogen) atoms. The number of aromatic nitrogens is 4. The van der Waals surface area contributed by atoms with Gasteiger partial charge < -0.3 is 20.3 Å². The molecule has 0 unspecified atom stereocenters. The molecule has 3 heterocycles. The van der Waals surface area contributed by atoms with Gasteiger partial charge in [-0.05, 0) is 13.8 Å². The van der Waals surface area contributed by atoms with Crippen LogP contribution in [-0.2, 0) is 7.05 Å². The number of nitrogens with two attached hydrogens (primary N) is 1. The molecular formula is C15H23N7O. The molecular weight excluding hydrogens is 294 g/mol. The van der Waals surface area contributed by atoms with Crippen LogP contribution >= 0.6 is 0 Å². The van der Waals surface area contributed by atoms with Crippen molar-refractivity contribution in [1.29, 1.82) is 0 Å². The summed E-state index contributed by atoms with van der Waals surface area (Å²) < 4.78 is 7.31. The van der Waals surface area contributed by atoms with Crippen LogP contribution in [0.4, 0.5) is 17.3 Å². The van der Waals surface area contributed by atoms with E-state index >= 15 is 0 Å². The molecule has 2 aromatic heterocycles. The number of rotatable bonds is 4. The van der Waals surface area contributed by atoms with E-state index in [0.717, 1.165) is 49.2 Å². The van der Waals surface area contributed by atoms with E-state index in [1.54, 1.807) is 6.33 Å². The van der Waals surface area contributed by atoms with E-state index in [0.29, 0.717) is 12.5 Å². The van der Waals surface area contributed by atoms with E-state index in [-0.39, 0.29) is 0 Å². The fourth-order valence-electron chi connectivity index (χ4n) is 2.91. The van der Waals surface area contributed by atoms with Crippen molar-refractivity contribution >= 4 is 17.3 Å². The Balaban J connectivity index is 1.70. The Morgan fingerprint density at radius 1 is 1.17 bits per heavy atom. The number of anilines is 3. The molecule has 124 valence electrons. The first kappa shape index (κ1) is 15.4. The fourth-order valence-corrected chi connectivity index (χ4v) is 2.91. The van der Waals surface area contributed by atoms with Crippen LogP contribution in [0.25, 0.3) is 0 Å². The molecule has 0 bridgehead atoms. The number of nitrogen functional groups attached to an aromatic ring is 1. The molecule has 1 aliphatic rings. The van der Waals surface area contributed by atoms with Crippen molar-refractivity contribution in [3.05, 3.63) is 18.1 Å². The summed E-state index contributed by atoms with van der Waals surface area (Å²) in [4.78, 5) is 13.0. The molecule has 2 N–H and O–H groups in total. The van der Waals surface area contributed by atoms with E-state index in [2.05, 4.69) is 24.9 Å². The highest BCUT2D eigenvalue weighted by atomic mass is 16.5. The molecule has 0 aliphatic carbocycles. The third-order valence-corrected chi connectivity index (χ3v) is 4.06. The molecule has 0 spiro atoms. The minimum Gasteiger partial charge on any atom is -0.478 e. The maximum atomic E-state index is 6.16. The second kappa shape index (κ2) is 6.31. The van der Waals surface area contributed by atoms with Crippen molar-refractivity contribution in [2.24, 2.45) is 7.05 Å². The maximum Gasteiger partial charge on any atom is 0.218 e. The van der Waals surface area contributed by atoms with Crippen LogP contribution in [0.2, 0.25) is 0 Å². The largest absolute Gasteiger partial charge is 0.478 e.